The molecular weight excluding hydrogens is 432 g/mol. The van der Waals surface area contributed by atoms with Crippen molar-refractivity contribution in [2.45, 2.75) is 63.3 Å². The first-order valence-electron chi connectivity index (χ1n) is 11.6. The zero-order valence-corrected chi connectivity index (χ0v) is 20.4. The number of carbonyl (C=O) groups is 1. The molecule has 1 fully saturated rings. The standard InChI is InChI=1S/C26H32N4O2S/c1-19-10-9-11-20(2)30(19)24(31)18-33-26-28-27-25(22-14-7-8-15-23(22)32-3)29(26)17-16-21-12-5-4-6-13-21/h4-8,12-15,19-20H,9-11,16-18H2,1-3H3. The number of rotatable bonds is 8. The van der Waals surface area contributed by atoms with Crippen LogP contribution in [0.25, 0.3) is 11.4 Å². The van der Waals surface area contributed by atoms with Crippen LogP contribution in [0, 0.1) is 0 Å². The van der Waals surface area contributed by atoms with Crippen molar-refractivity contribution in [3.63, 3.8) is 0 Å². The fourth-order valence-corrected chi connectivity index (χ4v) is 5.46. The molecule has 2 atom stereocenters. The number of likely N-dealkylation sites (tertiary alicyclic amines) is 1. The van der Waals surface area contributed by atoms with Gasteiger partial charge in [0.25, 0.3) is 0 Å². The summed E-state index contributed by atoms with van der Waals surface area (Å²) >= 11 is 1.47. The topological polar surface area (TPSA) is 60.3 Å². The number of piperidine rings is 1. The van der Waals surface area contributed by atoms with E-state index in [4.69, 9.17) is 4.74 Å². The number of hydrogen-bond acceptors (Lipinski definition) is 5. The van der Waals surface area contributed by atoms with Gasteiger partial charge in [0.2, 0.25) is 5.91 Å². The maximum atomic E-state index is 13.1. The number of methoxy groups -OCH3 is 1. The molecule has 3 aromatic rings. The Kier molecular flexibility index (Phi) is 7.70. The van der Waals surface area contributed by atoms with Gasteiger partial charge in [-0.05, 0) is 57.2 Å². The summed E-state index contributed by atoms with van der Waals surface area (Å²) in [6, 6.07) is 18.8. The van der Waals surface area contributed by atoms with E-state index in [1.54, 1.807) is 7.11 Å². The van der Waals surface area contributed by atoms with Crippen molar-refractivity contribution in [1.29, 1.82) is 0 Å². The molecule has 0 saturated carbocycles. The van der Waals surface area contributed by atoms with Crippen LogP contribution in [0.15, 0.2) is 59.8 Å². The molecule has 0 radical (unpaired) electrons. The third-order valence-electron chi connectivity index (χ3n) is 6.34. The van der Waals surface area contributed by atoms with Gasteiger partial charge in [0.1, 0.15) is 5.75 Å². The lowest BCUT2D eigenvalue weighted by atomic mass is 9.98. The van der Waals surface area contributed by atoms with E-state index in [0.717, 1.165) is 48.1 Å². The smallest absolute Gasteiger partial charge is 0.233 e. The van der Waals surface area contributed by atoms with E-state index in [0.29, 0.717) is 17.8 Å². The summed E-state index contributed by atoms with van der Waals surface area (Å²) in [5, 5.41) is 9.76. The largest absolute Gasteiger partial charge is 0.496 e. The number of thioether (sulfide) groups is 1. The molecule has 1 aromatic heterocycles. The first kappa shape index (κ1) is 23.4. The van der Waals surface area contributed by atoms with Crippen LogP contribution >= 0.6 is 11.8 Å². The molecule has 2 heterocycles. The second-order valence-electron chi connectivity index (χ2n) is 8.61. The van der Waals surface area contributed by atoms with Gasteiger partial charge < -0.3 is 14.2 Å². The molecule has 0 bridgehead atoms. The van der Waals surface area contributed by atoms with Crippen LogP contribution in [0.3, 0.4) is 0 Å². The SMILES string of the molecule is COc1ccccc1-c1nnc(SCC(=O)N2C(C)CCCC2C)n1CCc1ccccc1. The van der Waals surface area contributed by atoms with E-state index in [9.17, 15) is 4.79 Å². The first-order chi connectivity index (χ1) is 16.1. The molecule has 1 aliphatic heterocycles. The summed E-state index contributed by atoms with van der Waals surface area (Å²) in [4.78, 5) is 15.1. The number of carbonyl (C=O) groups excluding carboxylic acids is 1. The summed E-state index contributed by atoms with van der Waals surface area (Å²) in [6.45, 7) is 5.03. The molecule has 0 spiro atoms. The van der Waals surface area contributed by atoms with Crippen LogP contribution in [0.4, 0.5) is 0 Å². The number of ether oxygens (including phenoxy) is 1. The fourth-order valence-electron chi connectivity index (χ4n) is 4.62. The molecule has 7 heteroatoms. The van der Waals surface area contributed by atoms with E-state index in [2.05, 4.69) is 57.8 Å². The number of para-hydroxylation sites is 1. The summed E-state index contributed by atoms with van der Waals surface area (Å²) in [5.74, 6) is 2.06. The summed E-state index contributed by atoms with van der Waals surface area (Å²) in [6.07, 6.45) is 4.19. The molecule has 1 aliphatic rings. The van der Waals surface area contributed by atoms with Crippen molar-refractivity contribution in [2.24, 2.45) is 0 Å². The van der Waals surface area contributed by atoms with Gasteiger partial charge in [-0.3, -0.25) is 4.79 Å². The molecule has 4 rings (SSSR count). The Bertz CT molecular complexity index is 1060. The van der Waals surface area contributed by atoms with Crippen molar-refractivity contribution in [3.05, 3.63) is 60.2 Å². The Morgan fingerprint density at radius 2 is 1.73 bits per heavy atom. The van der Waals surface area contributed by atoms with Gasteiger partial charge >= 0.3 is 0 Å². The molecule has 1 saturated heterocycles. The highest BCUT2D eigenvalue weighted by Gasteiger charge is 2.29. The van der Waals surface area contributed by atoms with Gasteiger partial charge in [0, 0.05) is 18.6 Å². The van der Waals surface area contributed by atoms with Crippen LogP contribution in [-0.4, -0.2) is 50.5 Å². The molecule has 0 aliphatic carbocycles. The summed E-state index contributed by atoms with van der Waals surface area (Å²) < 4.78 is 7.70. The van der Waals surface area contributed by atoms with Gasteiger partial charge in [0.15, 0.2) is 11.0 Å². The fraction of sp³-hybridized carbons (Fsp3) is 0.423. The predicted molar refractivity (Wildman–Crippen MR) is 133 cm³/mol. The second-order valence-corrected chi connectivity index (χ2v) is 9.55. The highest BCUT2D eigenvalue weighted by atomic mass is 32.2. The number of benzene rings is 2. The zero-order valence-electron chi connectivity index (χ0n) is 19.6. The lowest BCUT2D eigenvalue weighted by Crippen LogP contribution is -2.48. The van der Waals surface area contributed by atoms with Crippen molar-refractivity contribution in [3.8, 4) is 17.1 Å². The van der Waals surface area contributed by atoms with E-state index >= 15 is 0 Å². The maximum Gasteiger partial charge on any atom is 0.233 e. The minimum atomic E-state index is 0.177. The lowest BCUT2D eigenvalue weighted by molar-refractivity contribution is -0.134. The predicted octanol–water partition coefficient (Wildman–Crippen LogP) is 5.08. The van der Waals surface area contributed by atoms with Gasteiger partial charge in [0.05, 0.1) is 18.4 Å². The molecular formula is C26H32N4O2S. The lowest BCUT2D eigenvalue weighted by Gasteiger charge is -2.39. The number of amides is 1. The highest BCUT2D eigenvalue weighted by Crippen LogP contribution is 2.32. The second kappa shape index (κ2) is 10.9. The Morgan fingerprint density at radius 3 is 2.45 bits per heavy atom. The van der Waals surface area contributed by atoms with Crippen LogP contribution in [0.1, 0.15) is 38.7 Å². The van der Waals surface area contributed by atoms with Gasteiger partial charge in [-0.1, -0.05) is 54.2 Å². The minimum Gasteiger partial charge on any atom is -0.496 e. The minimum absolute atomic E-state index is 0.177. The first-order valence-corrected chi connectivity index (χ1v) is 12.6. The molecule has 6 nitrogen and oxygen atoms in total. The monoisotopic (exact) mass is 464 g/mol. The van der Waals surface area contributed by atoms with Crippen molar-refractivity contribution >= 4 is 17.7 Å². The van der Waals surface area contributed by atoms with Gasteiger partial charge in [-0.15, -0.1) is 10.2 Å². The van der Waals surface area contributed by atoms with Crippen LogP contribution in [0.2, 0.25) is 0 Å². The van der Waals surface area contributed by atoms with Gasteiger partial charge in [-0.25, -0.2) is 0 Å². The normalized spacial score (nSPS) is 18.3. The third kappa shape index (κ3) is 5.41. The quantitative estimate of drug-likeness (QED) is 0.435. The molecule has 2 aromatic carbocycles. The number of hydrogen-bond donors (Lipinski definition) is 0. The van der Waals surface area contributed by atoms with Crippen molar-refractivity contribution in [1.82, 2.24) is 19.7 Å². The van der Waals surface area contributed by atoms with Crippen LogP contribution < -0.4 is 4.74 Å². The summed E-state index contributed by atoms with van der Waals surface area (Å²) in [5.41, 5.74) is 2.15. The third-order valence-corrected chi connectivity index (χ3v) is 7.29. The Morgan fingerprint density at radius 1 is 1.03 bits per heavy atom. The van der Waals surface area contributed by atoms with Crippen molar-refractivity contribution < 1.29 is 9.53 Å². The molecule has 1 amide bonds. The molecule has 2 unspecified atom stereocenters. The maximum absolute atomic E-state index is 13.1. The van der Waals surface area contributed by atoms with E-state index < -0.39 is 0 Å². The molecule has 174 valence electrons. The Balaban J connectivity index is 1.57. The number of aryl methyl sites for hydroxylation is 1. The van der Waals surface area contributed by atoms with Crippen LogP contribution in [-0.2, 0) is 17.8 Å². The summed E-state index contributed by atoms with van der Waals surface area (Å²) in [7, 11) is 1.67. The average molecular weight is 465 g/mol. The molecule has 33 heavy (non-hydrogen) atoms. The number of aromatic nitrogens is 3. The Hall–Kier alpha value is -2.80. The van der Waals surface area contributed by atoms with Crippen molar-refractivity contribution in [2.75, 3.05) is 12.9 Å². The molecule has 0 N–H and O–H groups in total. The van der Waals surface area contributed by atoms with E-state index in [1.165, 1.54) is 23.7 Å². The van der Waals surface area contributed by atoms with E-state index in [1.807, 2.05) is 30.3 Å². The van der Waals surface area contributed by atoms with Crippen LogP contribution in [0.5, 0.6) is 5.75 Å². The zero-order chi connectivity index (χ0) is 23.2. The van der Waals surface area contributed by atoms with Gasteiger partial charge in [-0.2, -0.15) is 0 Å². The van der Waals surface area contributed by atoms with E-state index in [-0.39, 0.29) is 5.91 Å². The average Bonchev–Trinajstić information content (AvgIpc) is 3.24. The highest BCUT2D eigenvalue weighted by molar-refractivity contribution is 7.99. The Labute approximate surface area is 200 Å². The number of nitrogens with zero attached hydrogens (tertiary/aromatic N) is 4.